The molecule has 1 saturated carbocycles. The molecular formula is C14H15NO5. The first kappa shape index (κ1) is 14.0. The highest BCUT2D eigenvalue weighted by Gasteiger charge is 2.32. The molecule has 0 spiro atoms. The van der Waals surface area contributed by atoms with E-state index >= 15 is 0 Å². The molecule has 0 aromatic heterocycles. The number of carbonyl (C=O) groups is 3. The third-order valence-corrected chi connectivity index (χ3v) is 3.39. The van der Waals surface area contributed by atoms with Crippen LogP contribution in [0.3, 0.4) is 0 Å². The van der Waals surface area contributed by atoms with Gasteiger partial charge in [0.15, 0.2) is 5.78 Å². The third kappa shape index (κ3) is 2.96. The SMILES string of the molecule is CN1C(=O)Cc2cc(C(=O)C3CC3)ccc21.O=C(O)O. The molecule has 1 aromatic carbocycles. The predicted octanol–water partition coefficient (Wildman–Crippen LogP) is 2.02. The maximum absolute atomic E-state index is 11.9. The molecule has 1 aromatic rings. The van der Waals surface area contributed by atoms with Crippen LogP contribution in [0.25, 0.3) is 0 Å². The number of ketones is 1. The lowest BCUT2D eigenvalue weighted by atomic mass is 10.0. The molecule has 1 aliphatic heterocycles. The van der Waals surface area contributed by atoms with Crippen molar-refractivity contribution in [3.63, 3.8) is 0 Å². The number of carboxylic acid groups (broad SMARTS) is 2. The lowest BCUT2D eigenvalue weighted by molar-refractivity contribution is -0.117. The van der Waals surface area contributed by atoms with E-state index in [1.165, 1.54) is 0 Å². The van der Waals surface area contributed by atoms with Crippen molar-refractivity contribution in [2.75, 3.05) is 11.9 Å². The molecule has 0 atom stereocenters. The molecule has 1 fully saturated rings. The minimum absolute atomic E-state index is 0.103. The standard InChI is InChI=1S/C13H13NO2.CH2O3/c1-14-11-5-4-9(13(16)8-2-3-8)6-10(11)7-12(14)15;2-1(3)4/h4-6,8H,2-3,7H2,1H3;(H2,2,3,4). The predicted molar refractivity (Wildman–Crippen MR) is 71.3 cm³/mol. The maximum Gasteiger partial charge on any atom is 0.503 e. The summed E-state index contributed by atoms with van der Waals surface area (Å²) in [5.41, 5.74) is 2.70. The number of fused-ring (bicyclic) bond motifs is 1. The van der Waals surface area contributed by atoms with Crippen molar-refractivity contribution in [2.24, 2.45) is 5.92 Å². The number of hydrogen-bond donors (Lipinski definition) is 2. The monoisotopic (exact) mass is 277 g/mol. The molecule has 1 amide bonds. The Kier molecular flexibility index (Phi) is 3.74. The normalized spacial score (nSPS) is 16.2. The van der Waals surface area contributed by atoms with Crippen molar-refractivity contribution in [1.82, 2.24) is 0 Å². The number of amides is 1. The second-order valence-electron chi connectivity index (χ2n) is 4.89. The fourth-order valence-electron chi connectivity index (χ4n) is 2.20. The summed E-state index contributed by atoms with van der Waals surface area (Å²) >= 11 is 0. The Morgan fingerprint density at radius 1 is 1.25 bits per heavy atom. The molecule has 2 aliphatic rings. The van der Waals surface area contributed by atoms with Gasteiger partial charge < -0.3 is 15.1 Å². The fourth-order valence-corrected chi connectivity index (χ4v) is 2.20. The summed E-state index contributed by atoms with van der Waals surface area (Å²) < 4.78 is 0. The molecular weight excluding hydrogens is 262 g/mol. The van der Waals surface area contributed by atoms with Gasteiger partial charge in [-0.25, -0.2) is 4.79 Å². The summed E-state index contributed by atoms with van der Waals surface area (Å²) in [6.07, 6.45) is 0.640. The van der Waals surface area contributed by atoms with E-state index in [1.54, 1.807) is 11.9 Å². The summed E-state index contributed by atoms with van der Waals surface area (Å²) in [5.74, 6) is 0.587. The molecule has 1 heterocycles. The molecule has 0 radical (unpaired) electrons. The van der Waals surface area contributed by atoms with Crippen molar-refractivity contribution < 1.29 is 24.6 Å². The Hall–Kier alpha value is -2.37. The maximum atomic E-state index is 11.9. The van der Waals surface area contributed by atoms with Crippen LogP contribution in [0.2, 0.25) is 0 Å². The van der Waals surface area contributed by atoms with Gasteiger partial charge in [0.25, 0.3) is 0 Å². The van der Waals surface area contributed by atoms with Crippen LogP contribution in [0.5, 0.6) is 0 Å². The number of carbonyl (C=O) groups excluding carboxylic acids is 2. The molecule has 3 rings (SSSR count). The smallest absolute Gasteiger partial charge is 0.450 e. The lowest BCUT2D eigenvalue weighted by Crippen LogP contribution is -2.20. The Morgan fingerprint density at radius 2 is 1.85 bits per heavy atom. The number of Topliss-reactive ketones (excluding diaryl/α,β-unsaturated/α-hetero) is 1. The molecule has 0 unspecified atom stereocenters. The second kappa shape index (κ2) is 5.32. The number of benzene rings is 1. The highest BCUT2D eigenvalue weighted by molar-refractivity contribution is 6.04. The van der Waals surface area contributed by atoms with E-state index in [1.807, 2.05) is 18.2 Å². The average Bonchev–Trinajstić information content (AvgIpc) is 3.16. The fraction of sp³-hybridized carbons (Fsp3) is 0.357. The van der Waals surface area contributed by atoms with Crippen molar-refractivity contribution in [2.45, 2.75) is 19.3 Å². The van der Waals surface area contributed by atoms with Gasteiger partial charge in [0, 0.05) is 24.2 Å². The van der Waals surface area contributed by atoms with Crippen LogP contribution in [-0.4, -0.2) is 35.1 Å². The van der Waals surface area contributed by atoms with Crippen LogP contribution in [0.4, 0.5) is 10.5 Å². The van der Waals surface area contributed by atoms with E-state index in [4.69, 9.17) is 15.0 Å². The first-order valence-corrected chi connectivity index (χ1v) is 6.25. The van der Waals surface area contributed by atoms with E-state index in [-0.39, 0.29) is 17.6 Å². The Morgan fingerprint density at radius 3 is 2.40 bits per heavy atom. The van der Waals surface area contributed by atoms with E-state index in [0.29, 0.717) is 6.42 Å². The van der Waals surface area contributed by atoms with Crippen LogP contribution in [-0.2, 0) is 11.2 Å². The van der Waals surface area contributed by atoms with Gasteiger partial charge in [0.1, 0.15) is 0 Å². The Balaban J connectivity index is 0.000000328. The van der Waals surface area contributed by atoms with Crippen LogP contribution in [0.1, 0.15) is 28.8 Å². The van der Waals surface area contributed by atoms with Crippen molar-refractivity contribution in [3.8, 4) is 0 Å². The minimum atomic E-state index is -1.83. The van der Waals surface area contributed by atoms with Gasteiger partial charge >= 0.3 is 6.16 Å². The number of hydrogen-bond acceptors (Lipinski definition) is 3. The Bertz CT molecular complexity index is 573. The number of anilines is 1. The van der Waals surface area contributed by atoms with Gasteiger partial charge in [0.2, 0.25) is 5.91 Å². The van der Waals surface area contributed by atoms with E-state index in [2.05, 4.69) is 0 Å². The first-order chi connectivity index (χ1) is 9.40. The largest absolute Gasteiger partial charge is 0.503 e. The van der Waals surface area contributed by atoms with Crippen LogP contribution in [0, 0.1) is 5.92 Å². The van der Waals surface area contributed by atoms with Crippen LogP contribution in [0.15, 0.2) is 18.2 Å². The summed E-state index contributed by atoms with van der Waals surface area (Å²) in [6, 6.07) is 5.61. The quantitative estimate of drug-likeness (QED) is 0.806. The van der Waals surface area contributed by atoms with E-state index in [0.717, 1.165) is 29.7 Å². The van der Waals surface area contributed by atoms with E-state index < -0.39 is 6.16 Å². The van der Waals surface area contributed by atoms with Crippen molar-refractivity contribution >= 4 is 23.5 Å². The molecule has 2 N–H and O–H groups in total. The van der Waals surface area contributed by atoms with Gasteiger partial charge in [-0.3, -0.25) is 9.59 Å². The van der Waals surface area contributed by atoms with E-state index in [9.17, 15) is 9.59 Å². The summed E-state index contributed by atoms with van der Waals surface area (Å²) in [7, 11) is 1.77. The Labute approximate surface area is 115 Å². The van der Waals surface area contributed by atoms with Gasteiger partial charge in [-0.1, -0.05) is 0 Å². The zero-order chi connectivity index (χ0) is 14.9. The van der Waals surface area contributed by atoms with Gasteiger partial charge in [-0.15, -0.1) is 0 Å². The lowest BCUT2D eigenvalue weighted by Gasteiger charge is -2.10. The number of nitrogens with zero attached hydrogens (tertiary/aromatic N) is 1. The summed E-state index contributed by atoms with van der Waals surface area (Å²) in [4.78, 5) is 33.6. The first-order valence-electron chi connectivity index (χ1n) is 6.25. The van der Waals surface area contributed by atoms with Gasteiger partial charge in [-0.2, -0.15) is 0 Å². The second-order valence-corrected chi connectivity index (χ2v) is 4.89. The van der Waals surface area contributed by atoms with Crippen molar-refractivity contribution in [3.05, 3.63) is 29.3 Å². The highest BCUT2D eigenvalue weighted by atomic mass is 16.6. The third-order valence-electron chi connectivity index (χ3n) is 3.39. The molecule has 1 aliphatic carbocycles. The summed E-state index contributed by atoms with van der Waals surface area (Å²) in [6.45, 7) is 0. The number of likely N-dealkylation sites (N-methyl/N-ethyl adjacent to an activating group) is 1. The zero-order valence-electron chi connectivity index (χ0n) is 11.0. The average molecular weight is 277 g/mol. The minimum Gasteiger partial charge on any atom is -0.450 e. The molecule has 0 bridgehead atoms. The van der Waals surface area contributed by atoms with Crippen LogP contribution >= 0.6 is 0 Å². The molecule has 6 nitrogen and oxygen atoms in total. The highest BCUT2D eigenvalue weighted by Crippen LogP contribution is 2.35. The zero-order valence-corrected chi connectivity index (χ0v) is 11.0. The van der Waals surface area contributed by atoms with Gasteiger partial charge in [-0.05, 0) is 36.6 Å². The topological polar surface area (TPSA) is 94.9 Å². The van der Waals surface area contributed by atoms with Gasteiger partial charge in [0.05, 0.1) is 6.42 Å². The van der Waals surface area contributed by atoms with Crippen molar-refractivity contribution in [1.29, 1.82) is 0 Å². The summed E-state index contributed by atoms with van der Waals surface area (Å²) in [5, 5.41) is 13.9. The van der Waals surface area contributed by atoms with Crippen LogP contribution < -0.4 is 4.90 Å². The molecule has 106 valence electrons. The molecule has 6 heteroatoms. The number of rotatable bonds is 2. The molecule has 0 saturated heterocycles. The molecule has 20 heavy (non-hydrogen) atoms.